The molecule has 0 aliphatic carbocycles. The molecule has 13 heteroatoms. The number of amides is 4. The van der Waals surface area contributed by atoms with Crippen molar-refractivity contribution in [2.75, 3.05) is 19.6 Å². The number of piperazine rings is 1. The Hall–Kier alpha value is -4.68. The molecule has 0 saturated carbocycles. The molecular weight excluding hydrogens is 502 g/mol. The van der Waals surface area contributed by atoms with Crippen LogP contribution in [0.2, 0.25) is 0 Å². The summed E-state index contributed by atoms with van der Waals surface area (Å²) in [6.07, 6.45) is 6.86. The van der Waals surface area contributed by atoms with E-state index in [9.17, 15) is 19.2 Å². The van der Waals surface area contributed by atoms with E-state index in [1.54, 1.807) is 10.9 Å². The van der Waals surface area contributed by atoms with Crippen molar-refractivity contribution < 1.29 is 19.2 Å². The van der Waals surface area contributed by atoms with Gasteiger partial charge in [0.1, 0.15) is 24.1 Å². The number of fused-ring (bicyclic) bond motifs is 3. The van der Waals surface area contributed by atoms with Crippen molar-refractivity contribution in [1.29, 1.82) is 0 Å². The molecule has 5 rings (SSSR count). The predicted octanol–water partition coefficient (Wildman–Crippen LogP) is -0.441. The quantitative estimate of drug-likeness (QED) is 0.461. The number of aryl methyl sites for hydroxylation is 1. The topological polar surface area (TPSA) is 155 Å². The Kier molecular flexibility index (Phi) is 7.85. The van der Waals surface area contributed by atoms with E-state index in [0.29, 0.717) is 24.2 Å². The molecule has 2 aliphatic rings. The number of carbonyl (C=O) groups is 4. The number of nitrogens with zero attached hydrogens (tertiary/aromatic N) is 7. The van der Waals surface area contributed by atoms with Gasteiger partial charge in [0.25, 0.3) is 5.91 Å². The van der Waals surface area contributed by atoms with Crippen LogP contribution in [-0.4, -0.2) is 90.1 Å². The van der Waals surface area contributed by atoms with Crippen LogP contribution in [0.3, 0.4) is 0 Å². The van der Waals surface area contributed by atoms with Gasteiger partial charge in [-0.1, -0.05) is 35.5 Å². The molecule has 0 spiro atoms. The van der Waals surface area contributed by atoms with Crippen molar-refractivity contribution in [2.45, 2.75) is 44.4 Å². The summed E-state index contributed by atoms with van der Waals surface area (Å²) < 4.78 is 1.62. The van der Waals surface area contributed by atoms with Crippen molar-refractivity contribution in [3.8, 4) is 0 Å². The van der Waals surface area contributed by atoms with Crippen LogP contribution in [0.1, 0.15) is 34.5 Å². The molecule has 1 saturated heterocycles. The maximum atomic E-state index is 13.9. The molecule has 1 fully saturated rings. The third kappa shape index (κ3) is 6.25. The van der Waals surface area contributed by atoms with Gasteiger partial charge >= 0.3 is 0 Å². The van der Waals surface area contributed by atoms with Crippen molar-refractivity contribution in [1.82, 2.24) is 45.4 Å². The van der Waals surface area contributed by atoms with Crippen LogP contribution < -0.4 is 10.6 Å². The van der Waals surface area contributed by atoms with Crippen LogP contribution in [0, 0.1) is 0 Å². The highest BCUT2D eigenvalue weighted by Gasteiger charge is 2.40. The number of carbonyl (C=O) groups excluding carboxylic acids is 4. The minimum absolute atomic E-state index is 0.0238. The second-order valence-electron chi connectivity index (χ2n) is 9.53. The van der Waals surface area contributed by atoms with Gasteiger partial charge in [-0.3, -0.25) is 23.9 Å². The van der Waals surface area contributed by atoms with Gasteiger partial charge in [0, 0.05) is 44.9 Å². The molecule has 2 bridgehead atoms. The van der Waals surface area contributed by atoms with Gasteiger partial charge in [-0.05, 0) is 12.0 Å². The van der Waals surface area contributed by atoms with Crippen LogP contribution in [-0.2, 0) is 33.9 Å². The van der Waals surface area contributed by atoms with Crippen LogP contribution in [0.5, 0.6) is 0 Å². The van der Waals surface area contributed by atoms with Crippen molar-refractivity contribution >= 4 is 23.6 Å². The minimum Gasteiger partial charge on any atom is -0.348 e. The van der Waals surface area contributed by atoms with Gasteiger partial charge in [-0.25, -0.2) is 9.97 Å². The van der Waals surface area contributed by atoms with Crippen molar-refractivity contribution in [3.63, 3.8) is 0 Å². The van der Waals surface area contributed by atoms with E-state index in [-0.39, 0.29) is 56.7 Å². The first kappa shape index (κ1) is 25.9. The van der Waals surface area contributed by atoms with E-state index in [1.165, 1.54) is 28.5 Å². The molecule has 2 atom stereocenters. The SMILES string of the molecule is O=C1CCCn2cc(nn2)CNC(=O)[C@H]2CN(C(=O)c3cncnc3)CCN2C(=O)[C@H](Cc2ccccc2)N1. The Labute approximate surface area is 224 Å². The van der Waals surface area contributed by atoms with Crippen LogP contribution in [0.25, 0.3) is 0 Å². The zero-order chi connectivity index (χ0) is 27.2. The highest BCUT2D eigenvalue weighted by molar-refractivity contribution is 5.96. The lowest BCUT2D eigenvalue weighted by Gasteiger charge is -2.41. The third-order valence-corrected chi connectivity index (χ3v) is 6.80. The third-order valence-electron chi connectivity index (χ3n) is 6.80. The summed E-state index contributed by atoms with van der Waals surface area (Å²) in [5.41, 5.74) is 1.72. The molecule has 2 N–H and O–H groups in total. The Morgan fingerprint density at radius 2 is 1.82 bits per heavy atom. The molecule has 1 aromatic carbocycles. The summed E-state index contributed by atoms with van der Waals surface area (Å²) in [7, 11) is 0. The lowest BCUT2D eigenvalue weighted by Crippen LogP contribution is -2.64. The first-order chi connectivity index (χ1) is 19.0. The minimum atomic E-state index is -0.977. The summed E-state index contributed by atoms with van der Waals surface area (Å²) in [4.78, 5) is 64.2. The van der Waals surface area contributed by atoms with Gasteiger partial charge in [0.2, 0.25) is 17.7 Å². The normalized spacial score (nSPS) is 20.8. The van der Waals surface area contributed by atoms with Gasteiger partial charge in [-0.2, -0.15) is 0 Å². The average molecular weight is 532 g/mol. The highest BCUT2D eigenvalue weighted by Crippen LogP contribution is 2.17. The Morgan fingerprint density at radius 1 is 1.03 bits per heavy atom. The molecule has 2 aliphatic heterocycles. The molecule has 0 radical (unpaired) electrons. The molecular formula is C26H29N9O4. The van der Waals surface area contributed by atoms with E-state index in [2.05, 4.69) is 30.9 Å². The number of benzene rings is 1. The molecule has 4 amide bonds. The maximum absolute atomic E-state index is 13.9. The summed E-state index contributed by atoms with van der Waals surface area (Å²) in [6, 6.07) is 7.55. The molecule has 13 nitrogen and oxygen atoms in total. The molecule has 39 heavy (non-hydrogen) atoms. The maximum Gasteiger partial charge on any atom is 0.257 e. The van der Waals surface area contributed by atoms with E-state index in [0.717, 1.165) is 5.56 Å². The summed E-state index contributed by atoms with van der Waals surface area (Å²) in [5, 5.41) is 13.9. The molecule has 202 valence electrons. The number of hydrogen-bond donors (Lipinski definition) is 2. The fraction of sp³-hybridized carbons (Fsp3) is 0.385. The summed E-state index contributed by atoms with van der Waals surface area (Å²) >= 11 is 0. The Balaban J connectivity index is 1.43. The summed E-state index contributed by atoms with van der Waals surface area (Å²) in [6.45, 7) is 0.893. The van der Waals surface area contributed by atoms with Crippen LogP contribution in [0.4, 0.5) is 0 Å². The van der Waals surface area contributed by atoms with E-state index in [4.69, 9.17) is 0 Å². The predicted molar refractivity (Wildman–Crippen MR) is 137 cm³/mol. The standard InChI is InChI=1S/C26H29N9O4/c36-23-7-4-8-34-15-20(31-32-34)14-29-24(37)22-16-33(25(38)19-12-27-17-28-13-19)9-10-35(22)26(39)21(30-23)11-18-5-2-1-3-6-18/h1-3,5-6,12-13,15,17,21-22H,4,7-11,14,16H2,(H,29,37)(H,30,36)/t21-,22+/m0/s1. The first-order valence-corrected chi connectivity index (χ1v) is 12.8. The van der Waals surface area contributed by atoms with Gasteiger partial charge in [0.05, 0.1) is 24.8 Å². The Morgan fingerprint density at radius 3 is 2.62 bits per heavy atom. The van der Waals surface area contributed by atoms with Gasteiger partial charge < -0.3 is 20.4 Å². The fourth-order valence-electron chi connectivity index (χ4n) is 4.79. The summed E-state index contributed by atoms with van der Waals surface area (Å²) in [5.74, 6) is -1.40. The van der Waals surface area contributed by atoms with Crippen LogP contribution in [0.15, 0.2) is 55.2 Å². The number of rotatable bonds is 3. The number of aromatic nitrogens is 5. The zero-order valence-electron chi connectivity index (χ0n) is 21.3. The van der Waals surface area contributed by atoms with Gasteiger partial charge in [0.15, 0.2) is 0 Å². The molecule has 4 heterocycles. The number of hydrogen-bond acceptors (Lipinski definition) is 8. The van der Waals surface area contributed by atoms with E-state index < -0.39 is 18.0 Å². The second-order valence-corrected chi connectivity index (χ2v) is 9.53. The first-order valence-electron chi connectivity index (χ1n) is 12.8. The zero-order valence-corrected chi connectivity index (χ0v) is 21.3. The smallest absolute Gasteiger partial charge is 0.257 e. The lowest BCUT2D eigenvalue weighted by molar-refractivity contribution is -0.146. The molecule has 2 aromatic heterocycles. The van der Waals surface area contributed by atoms with Crippen molar-refractivity contribution in [2.24, 2.45) is 0 Å². The van der Waals surface area contributed by atoms with Crippen molar-refractivity contribution in [3.05, 3.63) is 72.1 Å². The second kappa shape index (κ2) is 11.8. The van der Waals surface area contributed by atoms with E-state index >= 15 is 0 Å². The highest BCUT2D eigenvalue weighted by atomic mass is 16.2. The fourth-order valence-corrected chi connectivity index (χ4v) is 4.79. The van der Waals surface area contributed by atoms with Gasteiger partial charge in [-0.15, -0.1) is 5.10 Å². The van der Waals surface area contributed by atoms with E-state index in [1.807, 2.05) is 30.3 Å². The van der Waals surface area contributed by atoms with Crippen LogP contribution >= 0.6 is 0 Å². The average Bonchev–Trinajstić information content (AvgIpc) is 3.42. The molecule has 0 unspecified atom stereocenters. The lowest BCUT2D eigenvalue weighted by atomic mass is 10.0. The monoisotopic (exact) mass is 531 g/mol. The largest absolute Gasteiger partial charge is 0.348 e. The Bertz CT molecular complexity index is 1330. The number of nitrogens with one attached hydrogen (secondary N) is 2. The molecule has 3 aromatic rings.